The zero-order valence-electron chi connectivity index (χ0n) is 20.1. The number of nitrogens with zero attached hydrogens (tertiary/aromatic N) is 3. The molecule has 2 fully saturated rings. The number of carbonyl (C=O) groups excluding carboxylic acids is 1. The van der Waals surface area contributed by atoms with Gasteiger partial charge in [0.25, 0.3) is 0 Å². The molecule has 0 radical (unpaired) electrons. The molecule has 4 heterocycles. The van der Waals surface area contributed by atoms with Gasteiger partial charge in [0.05, 0.1) is 19.6 Å². The fourth-order valence-corrected chi connectivity index (χ4v) is 5.71. The summed E-state index contributed by atoms with van der Waals surface area (Å²) in [6.07, 6.45) is 6.30. The molecule has 35 heavy (non-hydrogen) atoms. The van der Waals surface area contributed by atoms with Gasteiger partial charge in [0, 0.05) is 56.5 Å². The first-order valence-electron chi connectivity index (χ1n) is 12.4. The summed E-state index contributed by atoms with van der Waals surface area (Å²) in [7, 11) is 1.52. The number of fused-ring (bicyclic) bond motifs is 1. The maximum atomic E-state index is 12.9. The summed E-state index contributed by atoms with van der Waals surface area (Å²) < 4.78 is 5.07. The molecule has 2 aliphatic heterocycles. The third kappa shape index (κ3) is 5.24. The zero-order valence-corrected chi connectivity index (χ0v) is 20.1. The Labute approximate surface area is 205 Å². The van der Waals surface area contributed by atoms with Gasteiger partial charge in [-0.15, -0.1) is 0 Å². The number of carboxylic acid groups (broad SMARTS) is 1. The van der Waals surface area contributed by atoms with Gasteiger partial charge in [-0.1, -0.05) is 12.1 Å². The highest BCUT2D eigenvalue weighted by Crippen LogP contribution is 2.52. The van der Waals surface area contributed by atoms with Crippen LogP contribution in [0.5, 0.6) is 5.88 Å². The number of amides is 1. The van der Waals surface area contributed by atoms with Crippen LogP contribution >= 0.6 is 0 Å². The number of pyridine rings is 2. The van der Waals surface area contributed by atoms with Crippen LogP contribution in [0.15, 0.2) is 30.5 Å². The van der Waals surface area contributed by atoms with Crippen LogP contribution in [0, 0.1) is 11.3 Å². The van der Waals surface area contributed by atoms with E-state index in [-0.39, 0.29) is 23.7 Å². The minimum Gasteiger partial charge on any atom is -0.481 e. The van der Waals surface area contributed by atoms with Crippen LogP contribution in [-0.2, 0) is 22.4 Å². The number of ether oxygens (including phenoxy) is 1. The fraction of sp³-hybridized carbons (Fsp3) is 0.538. The monoisotopic (exact) mass is 479 g/mol. The fourth-order valence-electron chi connectivity index (χ4n) is 5.71. The number of aromatic nitrogens is 2. The van der Waals surface area contributed by atoms with Crippen LogP contribution in [0.3, 0.4) is 0 Å². The van der Waals surface area contributed by atoms with Gasteiger partial charge in [-0.2, -0.15) is 0 Å². The first-order chi connectivity index (χ1) is 16.9. The van der Waals surface area contributed by atoms with Gasteiger partial charge >= 0.3 is 5.97 Å². The summed E-state index contributed by atoms with van der Waals surface area (Å²) in [6.45, 7) is 4.01. The van der Waals surface area contributed by atoms with Crippen LogP contribution < -0.4 is 15.4 Å². The number of carbonyl (C=O) groups is 2. The lowest BCUT2D eigenvalue weighted by molar-refractivity contribution is -0.145. The highest BCUT2D eigenvalue weighted by atomic mass is 16.5. The molecule has 9 heteroatoms. The average molecular weight is 480 g/mol. The Morgan fingerprint density at radius 1 is 1.29 bits per heavy atom. The highest BCUT2D eigenvalue weighted by Gasteiger charge is 2.54. The molecule has 1 spiro atoms. The molecule has 2 aromatic heterocycles. The topological polar surface area (TPSA) is 117 Å². The average Bonchev–Trinajstić information content (AvgIpc) is 2.81. The summed E-state index contributed by atoms with van der Waals surface area (Å²) in [4.78, 5) is 35.6. The SMILES string of the molecule is COc1ccc([C@H](CC(=O)O)NC(=O)C2CC3(C2)CN(CCc2ccc4c(n2)NCCC4)C3)cn1. The van der Waals surface area contributed by atoms with E-state index >= 15 is 0 Å². The molecule has 1 atom stereocenters. The van der Waals surface area contributed by atoms with Crippen molar-refractivity contribution in [2.24, 2.45) is 11.3 Å². The van der Waals surface area contributed by atoms with E-state index in [0.717, 1.165) is 63.4 Å². The van der Waals surface area contributed by atoms with E-state index < -0.39 is 12.0 Å². The lowest BCUT2D eigenvalue weighted by atomic mass is 9.57. The van der Waals surface area contributed by atoms with E-state index in [0.29, 0.717) is 11.4 Å². The quantitative estimate of drug-likeness (QED) is 0.502. The number of likely N-dealkylation sites (tertiary alicyclic amines) is 1. The van der Waals surface area contributed by atoms with Crippen LogP contribution in [0.1, 0.15) is 48.5 Å². The van der Waals surface area contributed by atoms with Crippen molar-refractivity contribution in [3.8, 4) is 5.88 Å². The summed E-state index contributed by atoms with van der Waals surface area (Å²) in [5, 5.41) is 15.7. The Kier molecular flexibility index (Phi) is 6.60. The molecule has 1 saturated heterocycles. The molecule has 9 nitrogen and oxygen atoms in total. The van der Waals surface area contributed by atoms with Crippen molar-refractivity contribution in [2.75, 3.05) is 38.6 Å². The minimum atomic E-state index is -0.963. The Morgan fingerprint density at radius 2 is 2.11 bits per heavy atom. The number of aliphatic carboxylic acids is 1. The molecule has 3 aliphatic rings. The maximum absolute atomic E-state index is 12.9. The molecule has 5 rings (SSSR count). The molecule has 3 N–H and O–H groups in total. The van der Waals surface area contributed by atoms with Crippen LogP contribution in [-0.4, -0.2) is 65.1 Å². The Morgan fingerprint density at radius 3 is 2.83 bits per heavy atom. The highest BCUT2D eigenvalue weighted by molar-refractivity contribution is 5.81. The van der Waals surface area contributed by atoms with Gasteiger partial charge in [-0.3, -0.25) is 9.59 Å². The van der Waals surface area contributed by atoms with Crippen LogP contribution in [0.4, 0.5) is 5.82 Å². The van der Waals surface area contributed by atoms with Crippen molar-refractivity contribution in [3.63, 3.8) is 0 Å². The van der Waals surface area contributed by atoms with Crippen molar-refractivity contribution in [2.45, 2.75) is 44.6 Å². The summed E-state index contributed by atoms with van der Waals surface area (Å²) in [5.74, 6) is 0.405. The van der Waals surface area contributed by atoms with E-state index in [9.17, 15) is 14.7 Å². The van der Waals surface area contributed by atoms with Crippen molar-refractivity contribution < 1.29 is 19.4 Å². The number of carboxylic acids is 1. The molecular formula is C26H33N5O4. The van der Waals surface area contributed by atoms with Gasteiger partial charge in [-0.05, 0) is 48.3 Å². The predicted molar refractivity (Wildman–Crippen MR) is 130 cm³/mol. The number of hydrogen-bond acceptors (Lipinski definition) is 7. The standard InChI is InChI=1S/C26H33N5O4/c1-35-22-7-5-18(14-28-22)21(11-23(32)33)30-25(34)19-12-26(13-19)15-31(16-26)10-8-20-6-4-17-3-2-9-27-24(17)29-20/h4-7,14,19,21H,2-3,8-13,15-16H2,1H3,(H,27,29)(H,30,34)(H,32,33)/t21-/m0/s1. The Balaban J connectivity index is 1.08. The van der Waals surface area contributed by atoms with E-state index in [2.05, 4.69) is 32.7 Å². The Bertz CT molecular complexity index is 1080. The third-order valence-electron chi connectivity index (χ3n) is 7.55. The van der Waals surface area contributed by atoms with Gasteiger partial charge < -0.3 is 25.4 Å². The van der Waals surface area contributed by atoms with E-state index in [1.807, 2.05) is 0 Å². The summed E-state index contributed by atoms with van der Waals surface area (Å²) in [6, 6.07) is 7.17. The summed E-state index contributed by atoms with van der Waals surface area (Å²) in [5.41, 5.74) is 3.34. The molecular weight excluding hydrogens is 446 g/mol. The number of nitrogens with one attached hydrogen (secondary N) is 2. The smallest absolute Gasteiger partial charge is 0.305 e. The number of methoxy groups -OCH3 is 1. The Hall–Kier alpha value is -3.20. The second-order valence-electron chi connectivity index (χ2n) is 10.2. The van der Waals surface area contributed by atoms with Crippen LogP contribution in [0.2, 0.25) is 0 Å². The zero-order chi connectivity index (χ0) is 24.4. The molecule has 0 aromatic carbocycles. The molecule has 1 amide bonds. The normalized spacial score (nSPS) is 19.6. The number of hydrogen-bond donors (Lipinski definition) is 3. The molecule has 2 aromatic rings. The van der Waals surface area contributed by atoms with Gasteiger partial charge in [0.2, 0.25) is 11.8 Å². The third-order valence-corrected chi connectivity index (χ3v) is 7.55. The largest absolute Gasteiger partial charge is 0.481 e. The van der Waals surface area contributed by atoms with Gasteiger partial charge in [0.15, 0.2) is 0 Å². The minimum absolute atomic E-state index is 0.0620. The lowest BCUT2D eigenvalue weighted by Gasteiger charge is -2.59. The van der Waals surface area contributed by atoms with Crippen molar-refractivity contribution in [1.82, 2.24) is 20.2 Å². The second-order valence-corrected chi connectivity index (χ2v) is 10.2. The van der Waals surface area contributed by atoms with E-state index in [4.69, 9.17) is 9.72 Å². The molecule has 0 unspecified atom stereocenters. The number of aryl methyl sites for hydroxylation is 1. The molecule has 186 valence electrons. The van der Waals surface area contributed by atoms with Crippen molar-refractivity contribution >= 4 is 17.7 Å². The first kappa shape index (κ1) is 23.5. The van der Waals surface area contributed by atoms with Crippen molar-refractivity contribution in [1.29, 1.82) is 0 Å². The first-order valence-corrected chi connectivity index (χ1v) is 12.4. The van der Waals surface area contributed by atoms with Crippen molar-refractivity contribution in [3.05, 3.63) is 47.3 Å². The molecule has 1 aliphatic carbocycles. The second kappa shape index (κ2) is 9.81. The van der Waals surface area contributed by atoms with E-state index in [1.54, 1.807) is 18.3 Å². The molecule has 0 bridgehead atoms. The van der Waals surface area contributed by atoms with Gasteiger partial charge in [0.1, 0.15) is 5.82 Å². The molecule has 1 saturated carbocycles. The summed E-state index contributed by atoms with van der Waals surface area (Å²) >= 11 is 0. The number of rotatable bonds is 9. The van der Waals surface area contributed by atoms with E-state index in [1.165, 1.54) is 19.1 Å². The number of anilines is 1. The maximum Gasteiger partial charge on any atom is 0.305 e. The van der Waals surface area contributed by atoms with Crippen LogP contribution in [0.25, 0.3) is 0 Å². The predicted octanol–water partition coefficient (Wildman–Crippen LogP) is 2.43. The lowest BCUT2D eigenvalue weighted by Crippen LogP contribution is -2.64. The van der Waals surface area contributed by atoms with Gasteiger partial charge in [-0.25, -0.2) is 9.97 Å².